The number of benzene rings is 1. The summed E-state index contributed by atoms with van der Waals surface area (Å²) >= 11 is 5.85. The molecule has 1 aliphatic heterocycles. The Morgan fingerprint density at radius 1 is 1.56 bits per heavy atom. The molecule has 1 aliphatic rings. The molecule has 0 aromatic heterocycles. The summed E-state index contributed by atoms with van der Waals surface area (Å²) in [5, 5.41) is 10.7. The first-order chi connectivity index (χ1) is 8.58. The smallest absolute Gasteiger partial charge is 0.126 e. The number of aliphatic hydroxyl groups is 1. The molecule has 2 rings (SSSR count). The van der Waals surface area contributed by atoms with Crippen molar-refractivity contribution in [1.29, 1.82) is 0 Å². The van der Waals surface area contributed by atoms with E-state index in [1.807, 2.05) is 0 Å². The van der Waals surface area contributed by atoms with E-state index in [1.165, 1.54) is 12.1 Å². The van der Waals surface area contributed by atoms with Gasteiger partial charge in [0, 0.05) is 24.7 Å². The predicted octanol–water partition coefficient (Wildman–Crippen LogP) is 3.06. The second-order valence-electron chi connectivity index (χ2n) is 5.01. The number of hydrogen-bond acceptors (Lipinski definition) is 2. The Morgan fingerprint density at radius 3 is 3.06 bits per heavy atom. The van der Waals surface area contributed by atoms with E-state index >= 15 is 0 Å². The lowest BCUT2D eigenvalue weighted by Gasteiger charge is -2.32. The van der Waals surface area contributed by atoms with Crippen LogP contribution in [0.3, 0.4) is 0 Å². The molecule has 100 valence electrons. The van der Waals surface area contributed by atoms with Crippen LogP contribution in [-0.2, 0) is 11.2 Å². The Balaban J connectivity index is 2.05. The molecule has 0 radical (unpaired) electrons. The standard InChI is InChI=1S/C14H18ClFO2/c1-9-8-18-5-4-12(9)14(17)7-10-6-11(15)2-3-13(10)16/h2-3,6,9,12,14,17H,4-5,7-8H2,1H3. The zero-order chi connectivity index (χ0) is 13.1. The molecule has 0 saturated carbocycles. The fourth-order valence-electron chi connectivity index (χ4n) is 2.54. The van der Waals surface area contributed by atoms with Crippen LogP contribution in [0.4, 0.5) is 4.39 Å². The molecule has 1 aromatic rings. The summed E-state index contributed by atoms with van der Waals surface area (Å²) in [6.07, 6.45) is 0.586. The number of halogens is 2. The van der Waals surface area contributed by atoms with Gasteiger partial charge in [-0.25, -0.2) is 4.39 Å². The first-order valence-corrected chi connectivity index (χ1v) is 6.65. The third kappa shape index (κ3) is 3.22. The second kappa shape index (κ2) is 6.00. The molecule has 3 atom stereocenters. The van der Waals surface area contributed by atoms with Gasteiger partial charge >= 0.3 is 0 Å². The van der Waals surface area contributed by atoms with E-state index in [0.29, 0.717) is 36.1 Å². The van der Waals surface area contributed by atoms with Crippen LogP contribution < -0.4 is 0 Å². The monoisotopic (exact) mass is 272 g/mol. The van der Waals surface area contributed by atoms with Gasteiger partial charge in [0.1, 0.15) is 5.82 Å². The Hall–Kier alpha value is -0.640. The van der Waals surface area contributed by atoms with E-state index < -0.39 is 6.10 Å². The van der Waals surface area contributed by atoms with Gasteiger partial charge in [0.05, 0.1) is 6.10 Å². The second-order valence-corrected chi connectivity index (χ2v) is 5.45. The minimum atomic E-state index is -0.545. The van der Waals surface area contributed by atoms with Crippen molar-refractivity contribution < 1.29 is 14.2 Å². The molecule has 4 heteroatoms. The normalized spacial score (nSPS) is 26.0. The van der Waals surface area contributed by atoms with Gasteiger partial charge in [-0.2, -0.15) is 0 Å². The van der Waals surface area contributed by atoms with Crippen molar-refractivity contribution in [3.05, 3.63) is 34.6 Å². The predicted molar refractivity (Wildman–Crippen MR) is 69.2 cm³/mol. The van der Waals surface area contributed by atoms with Gasteiger partial charge in [-0.05, 0) is 42.0 Å². The van der Waals surface area contributed by atoms with Gasteiger partial charge in [-0.1, -0.05) is 18.5 Å². The average molecular weight is 273 g/mol. The number of hydrogen-bond donors (Lipinski definition) is 1. The van der Waals surface area contributed by atoms with E-state index in [4.69, 9.17) is 16.3 Å². The molecule has 0 amide bonds. The van der Waals surface area contributed by atoms with Crippen molar-refractivity contribution in [2.24, 2.45) is 11.8 Å². The molecule has 2 nitrogen and oxygen atoms in total. The maximum atomic E-state index is 13.6. The molecule has 0 spiro atoms. The van der Waals surface area contributed by atoms with Crippen LogP contribution in [0, 0.1) is 17.7 Å². The van der Waals surface area contributed by atoms with Gasteiger partial charge in [-0.3, -0.25) is 0 Å². The molecule has 18 heavy (non-hydrogen) atoms. The average Bonchev–Trinajstić information content (AvgIpc) is 2.34. The lowest BCUT2D eigenvalue weighted by atomic mass is 9.83. The van der Waals surface area contributed by atoms with E-state index in [9.17, 15) is 9.50 Å². The van der Waals surface area contributed by atoms with E-state index in [2.05, 4.69) is 6.92 Å². The van der Waals surface area contributed by atoms with Gasteiger partial charge in [0.15, 0.2) is 0 Å². The Bertz CT molecular complexity index is 411. The molecule has 1 fully saturated rings. The molecular weight excluding hydrogens is 255 g/mol. The van der Waals surface area contributed by atoms with Crippen LogP contribution >= 0.6 is 11.6 Å². The lowest BCUT2D eigenvalue weighted by molar-refractivity contribution is -0.0296. The zero-order valence-corrected chi connectivity index (χ0v) is 11.2. The van der Waals surface area contributed by atoms with Gasteiger partial charge < -0.3 is 9.84 Å². The summed E-state index contributed by atoms with van der Waals surface area (Å²) in [5.74, 6) is 0.159. The van der Waals surface area contributed by atoms with Gasteiger partial charge in [0.25, 0.3) is 0 Å². The fraction of sp³-hybridized carbons (Fsp3) is 0.571. The number of rotatable bonds is 3. The fourth-order valence-corrected chi connectivity index (χ4v) is 2.74. The highest BCUT2D eigenvalue weighted by Gasteiger charge is 2.29. The minimum absolute atomic E-state index is 0.164. The molecule has 1 N–H and O–H groups in total. The third-order valence-electron chi connectivity index (χ3n) is 3.64. The molecule has 1 aromatic carbocycles. The highest BCUT2D eigenvalue weighted by Crippen LogP contribution is 2.27. The summed E-state index contributed by atoms with van der Waals surface area (Å²) in [5.41, 5.74) is 0.480. The lowest BCUT2D eigenvalue weighted by Crippen LogP contribution is -2.35. The van der Waals surface area contributed by atoms with Crippen LogP contribution in [0.2, 0.25) is 5.02 Å². The summed E-state index contributed by atoms with van der Waals surface area (Å²) in [7, 11) is 0. The van der Waals surface area contributed by atoms with Crippen molar-refractivity contribution in [3.8, 4) is 0 Å². The Labute approximate surface area is 112 Å². The van der Waals surface area contributed by atoms with E-state index in [1.54, 1.807) is 6.07 Å². The van der Waals surface area contributed by atoms with Gasteiger partial charge in [-0.15, -0.1) is 0 Å². The molecule has 1 heterocycles. The maximum Gasteiger partial charge on any atom is 0.126 e. The highest BCUT2D eigenvalue weighted by atomic mass is 35.5. The highest BCUT2D eigenvalue weighted by molar-refractivity contribution is 6.30. The minimum Gasteiger partial charge on any atom is -0.392 e. The molecule has 1 saturated heterocycles. The van der Waals surface area contributed by atoms with Crippen LogP contribution in [-0.4, -0.2) is 24.4 Å². The number of aliphatic hydroxyl groups excluding tert-OH is 1. The quantitative estimate of drug-likeness (QED) is 0.916. The summed E-state index contributed by atoms with van der Waals surface area (Å²) < 4.78 is 18.9. The first-order valence-electron chi connectivity index (χ1n) is 6.27. The Morgan fingerprint density at radius 2 is 2.33 bits per heavy atom. The van der Waals surface area contributed by atoms with E-state index in [-0.39, 0.29) is 11.7 Å². The zero-order valence-electron chi connectivity index (χ0n) is 10.4. The van der Waals surface area contributed by atoms with Crippen LogP contribution in [0.25, 0.3) is 0 Å². The van der Waals surface area contributed by atoms with Crippen molar-refractivity contribution in [3.63, 3.8) is 0 Å². The summed E-state index contributed by atoms with van der Waals surface area (Å²) in [6, 6.07) is 4.45. The van der Waals surface area contributed by atoms with Crippen LogP contribution in [0.5, 0.6) is 0 Å². The van der Waals surface area contributed by atoms with E-state index in [0.717, 1.165) is 6.42 Å². The third-order valence-corrected chi connectivity index (χ3v) is 3.87. The van der Waals surface area contributed by atoms with Crippen molar-refractivity contribution in [1.82, 2.24) is 0 Å². The Kier molecular flexibility index (Phi) is 4.60. The van der Waals surface area contributed by atoms with Crippen LogP contribution in [0.15, 0.2) is 18.2 Å². The first kappa shape index (κ1) is 13.8. The molecular formula is C14H18ClFO2. The van der Waals surface area contributed by atoms with Crippen molar-refractivity contribution in [2.75, 3.05) is 13.2 Å². The SMILES string of the molecule is CC1COCCC1C(O)Cc1cc(Cl)ccc1F. The molecule has 0 bridgehead atoms. The summed E-state index contributed by atoms with van der Waals surface area (Å²) in [4.78, 5) is 0. The van der Waals surface area contributed by atoms with Gasteiger partial charge in [0.2, 0.25) is 0 Å². The van der Waals surface area contributed by atoms with Crippen LogP contribution in [0.1, 0.15) is 18.9 Å². The van der Waals surface area contributed by atoms with Crippen molar-refractivity contribution in [2.45, 2.75) is 25.9 Å². The number of ether oxygens (including phenoxy) is 1. The summed E-state index contributed by atoms with van der Waals surface area (Å²) in [6.45, 7) is 3.39. The largest absolute Gasteiger partial charge is 0.392 e. The molecule has 3 unspecified atom stereocenters. The topological polar surface area (TPSA) is 29.5 Å². The maximum absolute atomic E-state index is 13.6. The molecule has 0 aliphatic carbocycles. The van der Waals surface area contributed by atoms with Crippen molar-refractivity contribution >= 4 is 11.6 Å².